The van der Waals surface area contributed by atoms with Crippen LogP contribution in [-0.2, 0) is 19.1 Å². The summed E-state index contributed by atoms with van der Waals surface area (Å²) in [4.78, 5) is 57.8. The minimum absolute atomic E-state index is 0.0710. The van der Waals surface area contributed by atoms with Crippen molar-refractivity contribution >= 4 is 35.4 Å². The van der Waals surface area contributed by atoms with Crippen molar-refractivity contribution in [2.24, 2.45) is 0 Å². The highest BCUT2D eigenvalue weighted by molar-refractivity contribution is 6.11. The molecule has 0 radical (unpaired) electrons. The predicted molar refractivity (Wildman–Crippen MR) is 137 cm³/mol. The molecule has 1 unspecified atom stereocenters. The first kappa shape index (κ1) is 26.7. The zero-order valence-corrected chi connectivity index (χ0v) is 21.1. The fourth-order valence-corrected chi connectivity index (χ4v) is 4.29. The number of pyridine rings is 1. The summed E-state index contributed by atoms with van der Waals surface area (Å²) in [6.45, 7) is 4.44. The highest BCUT2D eigenvalue weighted by atomic mass is 16.6. The number of piperazine rings is 1. The molecule has 0 spiro atoms. The number of anilines is 1. The summed E-state index contributed by atoms with van der Waals surface area (Å²) in [6, 6.07) is 9.93. The van der Waals surface area contributed by atoms with Gasteiger partial charge in [-0.3, -0.25) is 34.6 Å². The Balaban J connectivity index is 1.26. The highest BCUT2D eigenvalue weighted by Crippen LogP contribution is 2.23. The first-order valence-corrected chi connectivity index (χ1v) is 12.4. The molecule has 2 aromatic rings. The average molecular weight is 523 g/mol. The third-order valence-corrected chi connectivity index (χ3v) is 6.25. The number of aromatic nitrogens is 1. The smallest absolute Gasteiger partial charge is 0.414 e. The van der Waals surface area contributed by atoms with E-state index in [1.807, 2.05) is 4.90 Å². The number of hydrogen-bond donors (Lipinski definition) is 2. The summed E-state index contributed by atoms with van der Waals surface area (Å²) in [5, 5.41) is 10.7. The zero-order valence-electron chi connectivity index (χ0n) is 21.1. The average Bonchev–Trinajstić information content (AvgIpc) is 3.28. The van der Waals surface area contributed by atoms with E-state index in [1.54, 1.807) is 54.4 Å². The second kappa shape index (κ2) is 12.3. The second-order valence-electron chi connectivity index (χ2n) is 8.90. The van der Waals surface area contributed by atoms with Crippen LogP contribution in [0.25, 0.3) is 0 Å². The Morgan fingerprint density at radius 3 is 2.63 bits per heavy atom. The summed E-state index contributed by atoms with van der Waals surface area (Å²) in [5.74, 6) is -0.898. The largest absolute Gasteiger partial charge is 0.466 e. The van der Waals surface area contributed by atoms with Crippen LogP contribution in [0, 0.1) is 5.41 Å². The summed E-state index contributed by atoms with van der Waals surface area (Å²) in [7, 11) is 0. The van der Waals surface area contributed by atoms with Gasteiger partial charge in [0, 0.05) is 49.8 Å². The van der Waals surface area contributed by atoms with E-state index < -0.39 is 18.1 Å². The number of carbonyl (C=O) groups excluding carboxylic acids is 4. The number of carbonyl (C=O) groups is 4. The molecule has 0 aliphatic carbocycles. The maximum absolute atomic E-state index is 12.5. The standard InChI is InChI=1S/C26H30N6O6/c1-2-37-23(34)9-11-31-13-12-30(17-22(31)33)15-21-16-32(26(36)38-21)20-7-5-18(6-8-20)24(27)29-25(35)19-4-3-10-28-14-19/h3-8,10,14,21H,2,9,11-13,15-17H2,1H3,(H2,27,29,35). The van der Waals surface area contributed by atoms with Crippen molar-refractivity contribution in [1.82, 2.24) is 20.1 Å². The predicted octanol–water partition coefficient (Wildman–Crippen LogP) is 1.26. The SMILES string of the molecule is CCOC(=O)CCN1CCN(CC2CN(c3ccc(C(=N)NC(=O)c4cccnc4)cc3)C(=O)O2)CC1=O. The molecule has 38 heavy (non-hydrogen) atoms. The van der Waals surface area contributed by atoms with Crippen LogP contribution < -0.4 is 10.2 Å². The van der Waals surface area contributed by atoms with Gasteiger partial charge >= 0.3 is 12.1 Å². The number of cyclic esters (lactones) is 1. The number of amides is 3. The number of amidine groups is 1. The van der Waals surface area contributed by atoms with Gasteiger partial charge in [-0.15, -0.1) is 0 Å². The van der Waals surface area contributed by atoms with E-state index in [4.69, 9.17) is 14.9 Å². The van der Waals surface area contributed by atoms with Gasteiger partial charge in [-0.25, -0.2) is 4.79 Å². The molecule has 2 saturated heterocycles. The third kappa shape index (κ3) is 6.71. The van der Waals surface area contributed by atoms with E-state index in [2.05, 4.69) is 10.3 Å². The number of rotatable bonds is 9. The van der Waals surface area contributed by atoms with Crippen LogP contribution in [0.3, 0.4) is 0 Å². The van der Waals surface area contributed by atoms with Gasteiger partial charge in [0.05, 0.1) is 31.7 Å². The van der Waals surface area contributed by atoms with Crippen LogP contribution in [0.5, 0.6) is 0 Å². The normalized spacial score (nSPS) is 17.8. The van der Waals surface area contributed by atoms with Crippen molar-refractivity contribution in [3.63, 3.8) is 0 Å². The Bertz CT molecular complexity index is 1190. The fraction of sp³-hybridized carbons (Fsp3) is 0.385. The summed E-state index contributed by atoms with van der Waals surface area (Å²) >= 11 is 0. The lowest BCUT2D eigenvalue weighted by atomic mass is 10.1. The number of nitrogens with one attached hydrogen (secondary N) is 2. The van der Waals surface area contributed by atoms with Gasteiger partial charge in [-0.1, -0.05) is 0 Å². The molecule has 3 heterocycles. The van der Waals surface area contributed by atoms with E-state index >= 15 is 0 Å². The molecular formula is C26H30N6O6. The quantitative estimate of drug-likeness (QED) is 0.284. The van der Waals surface area contributed by atoms with Crippen molar-refractivity contribution in [2.45, 2.75) is 19.4 Å². The minimum Gasteiger partial charge on any atom is -0.466 e. The van der Waals surface area contributed by atoms with Crippen LogP contribution in [-0.4, -0.2) is 96.5 Å². The van der Waals surface area contributed by atoms with Crippen LogP contribution >= 0.6 is 0 Å². The molecule has 1 aromatic carbocycles. The number of hydrogen-bond acceptors (Lipinski definition) is 9. The summed E-state index contributed by atoms with van der Waals surface area (Å²) in [6.07, 6.45) is 2.26. The van der Waals surface area contributed by atoms with Crippen LogP contribution in [0.15, 0.2) is 48.8 Å². The third-order valence-electron chi connectivity index (χ3n) is 6.25. The Morgan fingerprint density at radius 2 is 1.95 bits per heavy atom. The van der Waals surface area contributed by atoms with E-state index in [0.717, 1.165) is 0 Å². The van der Waals surface area contributed by atoms with Crippen molar-refractivity contribution in [3.05, 3.63) is 59.9 Å². The number of ether oxygens (including phenoxy) is 2. The zero-order chi connectivity index (χ0) is 27.1. The Labute approximate surface area is 220 Å². The van der Waals surface area contributed by atoms with Crippen LogP contribution in [0.1, 0.15) is 29.3 Å². The molecule has 2 fully saturated rings. The number of esters is 1. The first-order chi connectivity index (χ1) is 18.3. The van der Waals surface area contributed by atoms with Crippen LogP contribution in [0.4, 0.5) is 10.5 Å². The van der Waals surface area contributed by atoms with E-state index in [9.17, 15) is 19.2 Å². The molecule has 3 amide bonds. The van der Waals surface area contributed by atoms with Gasteiger partial charge in [0.1, 0.15) is 11.9 Å². The minimum atomic E-state index is -0.484. The van der Waals surface area contributed by atoms with Gasteiger partial charge in [-0.05, 0) is 43.3 Å². The van der Waals surface area contributed by atoms with Gasteiger partial charge in [-0.2, -0.15) is 0 Å². The molecule has 2 N–H and O–H groups in total. The van der Waals surface area contributed by atoms with Crippen molar-refractivity contribution in [3.8, 4) is 0 Å². The molecule has 1 atom stereocenters. The maximum Gasteiger partial charge on any atom is 0.414 e. The molecule has 1 aromatic heterocycles. The van der Waals surface area contributed by atoms with Crippen molar-refractivity contribution < 1.29 is 28.7 Å². The lowest BCUT2D eigenvalue weighted by molar-refractivity contribution is -0.144. The first-order valence-electron chi connectivity index (χ1n) is 12.4. The maximum atomic E-state index is 12.5. The molecule has 200 valence electrons. The summed E-state index contributed by atoms with van der Waals surface area (Å²) in [5.41, 5.74) is 1.43. The Kier molecular flexibility index (Phi) is 8.64. The lowest BCUT2D eigenvalue weighted by Crippen LogP contribution is -2.52. The van der Waals surface area contributed by atoms with Gasteiger partial charge < -0.3 is 19.7 Å². The monoisotopic (exact) mass is 522 g/mol. The number of benzene rings is 1. The summed E-state index contributed by atoms with van der Waals surface area (Å²) < 4.78 is 10.4. The van der Waals surface area contributed by atoms with Crippen LogP contribution in [0.2, 0.25) is 0 Å². The van der Waals surface area contributed by atoms with Crippen molar-refractivity contribution in [1.29, 1.82) is 5.41 Å². The van der Waals surface area contributed by atoms with Gasteiger partial charge in [0.25, 0.3) is 5.91 Å². The molecule has 2 aliphatic rings. The molecule has 0 saturated carbocycles. The molecule has 12 nitrogen and oxygen atoms in total. The second-order valence-corrected chi connectivity index (χ2v) is 8.90. The molecule has 12 heteroatoms. The Morgan fingerprint density at radius 1 is 1.16 bits per heavy atom. The lowest BCUT2D eigenvalue weighted by Gasteiger charge is -2.34. The van der Waals surface area contributed by atoms with Crippen molar-refractivity contribution in [2.75, 3.05) is 50.8 Å². The Hall–Kier alpha value is -4.32. The number of nitrogens with zero attached hydrogens (tertiary/aromatic N) is 4. The van der Waals surface area contributed by atoms with Gasteiger partial charge in [0.15, 0.2) is 0 Å². The topological polar surface area (TPSA) is 145 Å². The van der Waals surface area contributed by atoms with E-state index in [0.29, 0.717) is 56.1 Å². The highest BCUT2D eigenvalue weighted by Gasteiger charge is 2.35. The van der Waals surface area contributed by atoms with E-state index in [1.165, 1.54) is 11.1 Å². The molecular weight excluding hydrogens is 492 g/mol. The van der Waals surface area contributed by atoms with E-state index in [-0.39, 0.29) is 30.7 Å². The van der Waals surface area contributed by atoms with Gasteiger partial charge in [0.2, 0.25) is 5.91 Å². The molecule has 0 bridgehead atoms. The molecule has 2 aliphatic heterocycles. The fourth-order valence-electron chi connectivity index (χ4n) is 4.29. The molecule has 4 rings (SSSR count).